The van der Waals surface area contributed by atoms with Gasteiger partial charge in [-0.25, -0.2) is 10.2 Å². The number of benzene rings is 1. The summed E-state index contributed by atoms with van der Waals surface area (Å²) >= 11 is 0. The number of hydrogen-bond acceptors (Lipinski definition) is 4. The molecule has 120 valence electrons. The van der Waals surface area contributed by atoms with E-state index in [0.29, 0.717) is 12.0 Å². The SMILES string of the molecule is CCCCCCCC(=O)NN=Cc1ccc(C(=O)OC)cc1. The van der Waals surface area contributed by atoms with Gasteiger partial charge in [0, 0.05) is 6.42 Å². The lowest BCUT2D eigenvalue weighted by atomic mass is 10.1. The first-order valence-corrected chi connectivity index (χ1v) is 7.67. The number of hydrogen-bond donors (Lipinski definition) is 1. The Balaban J connectivity index is 2.30. The molecule has 1 aromatic rings. The average Bonchev–Trinajstić information content (AvgIpc) is 2.54. The number of nitrogens with one attached hydrogen (secondary N) is 1. The van der Waals surface area contributed by atoms with E-state index in [1.165, 1.54) is 26.4 Å². The Morgan fingerprint density at radius 2 is 1.82 bits per heavy atom. The summed E-state index contributed by atoms with van der Waals surface area (Å²) in [6.45, 7) is 2.17. The van der Waals surface area contributed by atoms with E-state index in [2.05, 4.69) is 22.2 Å². The highest BCUT2D eigenvalue weighted by atomic mass is 16.5. The van der Waals surface area contributed by atoms with Crippen LogP contribution in [0.2, 0.25) is 0 Å². The highest BCUT2D eigenvalue weighted by molar-refractivity contribution is 5.90. The number of hydrazone groups is 1. The maximum atomic E-state index is 11.6. The molecular weight excluding hydrogens is 280 g/mol. The van der Waals surface area contributed by atoms with Crippen LogP contribution in [-0.4, -0.2) is 25.2 Å². The molecule has 0 bridgehead atoms. The van der Waals surface area contributed by atoms with Crippen LogP contribution in [0.5, 0.6) is 0 Å². The molecule has 5 nitrogen and oxygen atoms in total. The van der Waals surface area contributed by atoms with E-state index in [0.717, 1.165) is 18.4 Å². The molecule has 1 aromatic carbocycles. The second-order valence-corrected chi connectivity index (χ2v) is 5.07. The van der Waals surface area contributed by atoms with Gasteiger partial charge >= 0.3 is 5.97 Å². The number of nitrogens with zero attached hydrogens (tertiary/aromatic N) is 1. The molecule has 0 fully saturated rings. The lowest BCUT2D eigenvalue weighted by Gasteiger charge is -2.01. The molecule has 1 amide bonds. The van der Waals surface area contributed by atoms with Crippen LogP contribution in [0.4, 0.5) is 0 Å². The normalized spacial score (nSPS) is 10.6. The van der Waals surface area contributed by atoms with Crippen LogP contribution in [0.15, 0.2) is 29.4 Å². The van der Waals surface area contributed by atoms with Crippen molar-refractivity contribution in [1.82, 2.24) is 5.43 Å². The Kier molecular flexibility index (Phi) is 8.57. The first-order valence-electron chi connectivity index (χ1n) is 7.67. The summed E-state index contributed by atoms with van der Waals surface area (Å²) in [5.41, 5.74) is 3.79. The van der Waals surface area contributed by atoms with Crippen LogP contribution >= 0.6 is 0 Å². The topological polar surface area (TPSA) is 67.8 Å². The highest BCUT2D eigenvalue weighted by Gasteiger charge is 2.03. The van der Waals surface area contributed by atoms with Gasteiger partial charge in [-0.05, 0) is 24.1 Å². The number of esters is 1. The van der Waals surface area contributed by atoms with Crippen LogP contribution in [0.1, 0.15) is 61.4 Å². The van der Waals surface area contributed by atoms with E-state index in [-0.39, 0.29) is 11.9 Å². The molecule has 0 saturated carbocycles. The smallest absolute Gasteiger partial charge is 0.337 e. The Bertz CT molecular complexity index is 495. The molecule has 0 radical (unpaired) electrons. The molecule has 0 heterocycles. The molecule has 0 aliphatic rings. The monoisotopic (exact) mass is 304 g/mol. The molecule has 0 spiro atoms. The van der Waals surface area contributed by atoms with Crippen molar-refractivity contribution in [2.45, 2.75) is 45.4 Å². The minimum Gasteiger partial charge on any atom is -0.465 e. The summed E-state index contributed by atoms with van der Waals surface area (Å²) in [4.78, 5) is 22.8. The van der Waals surface area contributed by atoms with Gasteiger partial charge in [0.1, 0.15) is 0 Å². The third-order valence-corrected chi connectivity index (χ3v) is 3.24. The Labute approximate surface area is 131 Å². The van der Waals surface area contributed by atoms with Crippen LogP contribution in [0.3, 0.4) is 0 Å². The molecule has 22 heavy (non-hydrogen) atoms. The van der Waals surface area contributed by atoms with Crippen molar-refractivity contribution in [3.05, 3.63) is 35.4 Å². The lowest BCUT2D eigenvalue weighted by Crippen LogP contribution is -2.16. The van der Waals surface area contributed by atoms with E-state index in [1.54, 1.807) is 30.5 Å². The van der Waals surface area contributed by atoms with Gasteiger partial charge in [-0.15, -0.1) is 0 Å². The molecule has 5 heteroatoms. The molecule has 0 unspecified atom stereocenters. The Hall–Kier alpha value is -2.17. The van der Waals surface area contributed by atoms with Gasteiger partial charge in [0.05, 0.1) is 18.9 Å². The van der Waals surface area contributed by atoms with Gasteiger partial charge in [0.15, 0.2) is 0 Å². The quantitative estimate of drug-likeness (QED) is 0.329. The second-order valence-electron chi connectivity index (χ2n) is 5.07. The fourth-order valence-electron chi connectivity index (χ4n) is 1.95. The average molecular weight is 304 g/mol. The van der Waals surface area contributed by atoms with Crippen molar-refractivity contribution in [2.24, 2.45) is 5.10 Å². The van der Waals surface area contributed by atoms with E-state index >= 15 is 0 Å². The first-order chi connectivity index (χ1) is 10.7. The van der Waals surface area contributed by atoms with Gasteiger partial charge in [-0.3, -0.25) is 4.79 Å². The Morgan fingerprint density at radius 1 is 1.14 bits per heavy atom. The van der Waals surface area contributed by atoms with Crippen LogP contribution in [0.25, 0.3) is 0 Å². The maximum Gasteiger partial charge on any atom is 0.337 e. The minimum absolute atomic E-state index is 0.0704. The van der Waals surface area contributed by atoms with E-state index in [9.17, 15) is 9.59 Å². The van der Waals surface area contributed by atoms with Gasteiger partial charge in [0.25, 0.3) is 0 Å². The van der Waals surface area contributed by atoms with Crippen molar-refractivity contribution in [3.8, 4) is 0 Å². The molecule has 0 atom stereocenters. The summed E-state index contributed by atoms with van der Waals surface area (Å²) in [6, 6.07) is 6.80. The van der Waals surface area contributed by atoms with Crippen molar-refractivity contribution in [3.63, 3.8) is 0 Å². The van der Waals surface area contributed by atoms with Gasteiger partial charge < -0.3 is 4.74 Å². The molecular formula is C17H24N2O3. The third-order valence-electron chi connectivity index (χ3n) is 3.24. The number of ether oxygens (including phenoxy) is 1. The van der Waals surface area contributed by atoms with Gasteiger partial charge in [-0.1, -0.05) is 44.7 Å². The van der Waals surface area contributed by atoms with Crippen molar-refractivity contribution in [1.29, 1.82) is 0 Å². The highest BCUT2D eigenvalue weighted by Crippen LogP contribution is 2.05. The minimum atomic E-state index is -0.375. The van der Waals surface area contributed by atoms with Crippen LogP contribution < -0.4 is 5.43 Å². The number of unbranched alkanes of at least 4 members (excludes halogenated alkanes) is 4. The molecule has 0 saturated heterocycles. The summed E-state index contributed by atoms with van der Waals surface area (Å²) in [6.07, 6.45) is 7.64. The predicted molar refractivity (Wildman–Crippen MR) is 86.9 cm³/mol. The number of amides is 1. The van der Waals surface area contributed by atoms with Gasteiger partial charge in [-0.2, -0.15) is 5.10 Å². The van der Waals surface area contributed by atoms with Gasteiger partial charge in [0.2, 0.25) is 5.91 Å². The molecule has 0 aliphatic heterocycles. The standard InChI is InChI=1S/C17H24N2O3/c1-3-4-5-6-7-8-16(20)19-18-13-14-9-11-15(12-10-14)17(21)22-2/h9-13H,3-8H2,1-2H3,(H,19,20). The van der Waals surface area contributed by atoms with Crippen molar-refractivity contribution in [2.75, 3.05) is 7.11 Å². The zero-order valence-electron chi connectivity index (χ0n) is 13.3. The fourth-order valence-corrected chi connectivity index (χ4v) is 1.95. The molecule has 1 N–H and O–H groups in total. The number of methoxy groups -OCH3 is 1. The molecule has 1 rings (SSSR count). The van der Waals surface area contributed by atoms with Crippen LogP contribution in [0, 0.1) is 0 Å². The number of rotatable bonds is 9. The maximum absolute atomic E-state index is 11.6. The Morgan fingerprint density at radius 3 is 2.45 bits per heavy atom. The number of carbonyl (C=O) groups is 2. The summed E-state index contributed by atoms with van der Waals surface area (Å²) < 4.78 is 4.62. The van der Waals surface area contributed by atoms with E-state index < -0.39 is 0 Å². The summed E-state index contributed by atoms with van der Waals surface area (Å²) in [5, 5.41) is 3.91. The largest absolute Gasteiger partial charge is 0.465 e. The zero-order valence-corrected chi connectivity index (χ0v) is 13.3. The molecule has 0 aliphatic carbocycles. The zero-order chi connectivity index (χ0) is 16.2. The third kappa shape index (κ3) is 7.02. The first kappa shape index (κ1) is 17.9. The number of carbonyl (C=O) groups excluding carboxylic acids is 2. The van der Waals surface area contributed by atoms with E-state index in [4.69, 9.17) is 0 Å². The second kappa shape index (κ2) is 10.5. The molecule has 0 aromatic heterocycles. The van der Waals surface area contributed by atoms with Crippen molar-refractivity contribution < 1.29 is 14.3 Å². The predicted octanol–water partition coefficient (Wildman–Crippen LogP) is 3.28. The lowest BCUT2D eigenvalue weighted by molar-refractivity contribution is -0.121. The fraction of sp³-hybridized carbons (Fsp3) is 0.471. The summed E-state index contributed by atoms with van der Waals surface area (Å²) in [7, 11) is 1.34. The van der Waals surface area contributed by atoms with E-state index in [1.807, 2.05) is 0 Å². The van der Waals surface area contributed by atoms with Crippen LogP contribution in [-0.2, 0) is 9.53 Å². The summed E-state index contributed by atoms with van der Waals surface area (Å²) in [5.74, 6) is -0.446. The van der Waals surface area contributed by atoms with Crippen molar-refractivity contribution >= 4 is 18.1 Å².